The van der Waals surface area contributed by atoms with Gasteiger partial charge in [0.1, 0.15) is 6.04 Å². The highest BCUT2D eigenvalue weighted by atomic mass is 79.9. The number of hydrogen-bond donors (Lipinski definition) is 1. The minimum absolute atomic E-state index is 0.323. The van der Waals surface area contributed by atoms with Crippen LogP contribution in [0.25, 0.3) is 0 Å². The highest BCUT2D eigenvalue weighted by Gasteiger charge is 2.35. The molecule has 1 atom stereocenters. The number of thioether (sulfide) groups is 1. The number of carbonyl (C=O) groups is 1. The summed E-state index contributed by atoms with van der Waals surface area (Å²) in [5.41, 5.74) is 2.24. The van der Waals surface area contributed by atoms with Crippen LogP contribution >= 0.6 is 27.7 Å². The molecule has 0 saturated carbocycles. The van der Waals surface area contributed by atoms with Crippen molar-refractivity contribution in [2.24, 2.45) is 0 Å². The van der Waals surface area contributed by atoms with E-state index in [-0.39, 0.29) is 12.0 Å². The summed E-state index contributed by atoms with van der Waals surface area (Å²) in [6.07, 6.45) is 0. The summed E-state index contributed by atoms with van der Waals surface area (Å²) in [5.74, 6) is 1.17. The molecule has 0 fully saturated rings. The molecular formula is C17H19BrN4O2S. The van der Waals surface area contributed by atoms with Crippen LogP contribution in [-0.2, 0) is 9.53 Å². The van der Waals surface area contributed by atoms with Gasteiger partial charge >= 0.3 is 5.97 Å². The number of esters is 1. The summed E-state index contributed by atoms with van der Waals surface area (Å²) in [4.78, 5) is 17.1. The molecular weight excluding hydrogens is 404 g/mol. The summed E-state index contributed by atoms with van der Waals surface area (Å²) in [7, 11) is 0. The third-order valence-electron chi connectivity index (χ3n) is 3.79. The molecule has 3 rings (SSSR count). The third kappa shape index (κ3) is 3.59. The largest absolute Gasteiger partial charge is 0.463 e. The van der Waals surface area contributed by atoms with Crippen LogP contribution < -0.4 is 5.32 Å². The highest BCUT2D eigenvalue weighted by molar-refractivity contribution is 9.10. The molecule has 2 aromatic rings. The van der Waals surface area contributed by atoms with Crippen LogP contribution in [0.5, 0.6) is 0 Å². The smallest absolute Gasteiger partial charge is 0.338 e. The molecule has 0 amide bonds. The molecule has 1 aliphatic heterocycles. The Morgan fingerprint density at radius 2 is 2.08 bits per heavy atom. The fourth-order valence-electron chi connectivity index (χ4n) is 2.75. The van der Waals surface area contributed by atoms with Gasteiger partial charge in [0.05, 0.1) is 12.2 Å². The fraction of sp³-hybridized carbons (Fsp3) is 0.353. The third-order valence-corrected chi connectivity index (χ3v) is 5.04. The Morgan fingerprint density at radius 1 is 1.36 bits per heavy atom. The first kappa shape index (κ1) is 18.0. The van der Waals surface area contributed by atoms with Crippen LogP contribution in [0.2, 0.25) is 0 Å². The van der Waals surface area contributed by atoms with Gasteiger partial charge in [-0.25, -0.2) is 9.48 Å². The van der Waals surface area contributed by atoms with Crippen molar-refractivity contribution >= 4 is 39.6 Å². The second kappa shape index (κ2) is 7.61. The first-order valence-corrected chi connectivity index (χ1v) is 9.82. The van der Waals surface area contributed by atoms with Gasteiger partial charge in [-0.05, 0) is 37.3 Å². The van der Waals surface area contributed by atoms with Gasteiger partial charge in [-0.1, -0.05) is 46.7 Å². The van der Waals surface area contributed by atoms with Gasteiger partial charge in [0.15, 0.2) is 0 Å². The average molecular weight is 423 g/mol. The standard InChI is InChI=1S/C17H19BrN4O2S/c1-4-24-15(23)13-10(3)19-16-20-17(25-5-2)21-22(16)14(13)11-6-8-12(18)9-7-11/h6-9,14H,4-5H2,1-3H3,(H,19,20,21)/t14-/m0/s1. The summed E-state index contributed by atoms with van der Waals surface area (Å²) in [6, 6.07) is 7.48. The fourth-order valence-corrected chi connectivity index (χ4v) is 3.57. The van der Waals surface area contributed by atoms with Crippen LogP contribution in [0.15, 0.2) is 45.2 Å². The number of anilines is 1. The van der Waals surface area contributed by atoms with Crippen LogP contribution in [-0.4, -0.2) is 33.1 Å². The van der Waals surface area contributed by atoms with Crippen molar-refractivity contribution in [3.8, 4) is 0 Å². The molecule has 0 saturated heterocycles. The Morgan fingerprint density at radius 3 is 2.72 bits per heavy atom. The SMILES string of the molecule is CCOC(=O)C1=C(C)Nc2nc(SCC)nn2[C@H]1c1ccc(Br)cc1. The lowest BCUT2D eigenvalue weighted by Gasteiger charge is -2.28. The quantitative estimate of drug-likeness (QED) is 0.579. The Kier molecular flexibility index (Phi) is 5.48. The number of rotatable bonds is 5. The maximum absolute atomic E-state index is 12.6. The van der Waals surface area contributed by atoms with Gasteiger partial charge in [-0.3, -0.25) is 0 Å². The molecule has 8 heteroatoms. The summed E-state index contributed by atoms with van der Waals surface area (Å²) < 4.78 is 8.02. The van der Waals surface area contributed by atoms with Crippen molar-refractivity contribution in [2.45, 2.75) is 32.0 Å². The maximum atomic E-state index is 12.6. The van der Waals surface area contributed by atoms with Crippen molar-refractivity contribution in [2.75, 3.05) is 17.7 Å². The highest BCUT2D eigenvalue weighted by Crippen LogP contribution is 2.36. The molecule has 132 valence electrons. The molecule has 1 aromatic carbocycles. The maximum Gasteiger partial charge on any atom is 0.338 e. The topological polar surface area (TPSA) is 69.0 Å². The van der Waals surface area contributed by atoms with E-state index in [0.717, 1.165) is 21.5 Å². The zero-order valence-electron chi connectivity index (χ0n) is 14.2. The minimum Gasteiger partial charge on any atom is -0.463 e. The average Bonchev–Trinajstić information content (AvgIpc) is 2.97. The van der Waals surface area contributed by atoms with E-state index in [1.54, 1.807) is 23.4 Å². The van der Waals surface area contributed by atoms with Crippen LogP contribution in [0, 0.1) is 0 Å². The predicted molar refractivity (Wildman–Crippen MR) is 102 cm³/mol. The van der Waals surface area contributed by atoms with Gasteiger partial charge in [0, 0.05) is 10.2 Å². The molecule has 0 aliphatic carbocycles. The van der Waals surface area contributed by atoms with Gasteiger partial charge in [0.2, 0.25) is 11.1 Å². The molecule has 25 heavy (non-hydrogen) atoms. The lowest BCUT2D eigenvalue weighted by Crippen LogP contribution is -2.29. The number of aromatic nitrogens is 3. The lowest BCUT2D eigenvalue weighted by molar-refractivity contribution is -0.139. The Balaban J connectivity index is 2.12. The van der Waals surface area contributed by atoms with Crippen molar-refractivity contribution in [1.29, 1.82) is 0 Å². The second-order valence-corrected chi connectivity index (χ2v) is 7.58. The van der Waals surface area contributed by atoms with Crippen molar-refractivity contribution in [3.05, 3.63) is 45.6 Å². The van der Waals surface area contributed by atoms with E-state index in [1.165, 1.54) is 0 Å². The van der Waals surface area contributed by atoms with Gasteiger partial charge in [-0.2, -0.15) is 4.98 Å². The first-order chi connectivity index (χ1) is 12.0. The molecule has 2 heterocycles. The Hall–Kier alpha value is -1.80. The number of nitrogens with zero attached hydrogens (tertiary/aromatic N) is 3. The normalized spacial score (nSPS) is 16.4. The van der Waals surface area contributed by atoms with Crippen molar-refractivity contribution < 1.29 is 9.53 Å². The molecule has 1 aromatic heterocycles. The van der Waals surface area contributed by atoms with Gasteiger partial charge in [-0.15, -0.1) is 5.10 Å². The number of nitrogens with one attached hydrogen (secondary N) is 1. The summed E-state index contributed by atoms with van der Waals surface area (Å²) >= 11 is 5.02. The molecule has 1 N–H and O–H groups in total. The molecule has 0 bridgehead atoms. The monoisotopic (exact) mass is 422 g/mol. The Labute approximate surface area is 159 Å². The number of hydrogen-bond acceptors (Lipinski definition) is 6. The van der Waals surface area contributed by atoms with Crippen LogP contribution in [0.1, 0.15) is 32.4 Å². The molecule has 0 radical (unpaired) electrons. The van der Waals surface area contributed by atoms with E-state index in [2.05, 4.69) is 38.3 Å². The zero-order valence-corrected chi connectivity index (χ0v) is 16.6. The number of benzene rings is 1. The number of fused-ring (bicyclic) bond motifs is 1. The Bertz CT molecular complexity index is 817. The van der Waals surface area contributed by atoms with Gasteiger partial charge in [0.25, 0.3) is 0 Å². The zero-order chi connectivity index (χ0) is 18.0. The van der Waals surface area contributed by atoms with E-state index in [9.17, 15) is 4.79 Å². The number of halogens is 1. The predicted octanol–water partition coefficient (Wildman–Crippen LogP) is 4.00. The van der Waals surface area contributed by atoms with Crippen LogP contribution in [0.4, 0.5) is 5.95 Å². The molecule has 0 unspecified atom stereocenters. The number of carbonyl (C=O) groups excluding carboxylic acids is 1. The van der Waals surface area contributed by atoms with Crippen molar-refractivity contribution in [1.82, 2.24) is 14.8 Å². The second-order valence-electron chi connectivity index (χ2n) is 5.43. The van der Waals surface area contributed by atoms with Gasteiger partial charge < -0.3 is 10.1 Å². The first-order valence-electron chi connectivity index (χ1n) is 8.04. The van der Waals surface area contributed by atoms with E-state index in [0.29, 0.717) is 23.3 Å². The van der Waals surface area contributed by atoms with E-state index in [1.807, 2.05) is 31.2 Å². The summed E-state index contributed by atoms with van der Waals surface area (Å²) in [5, 5.41) is 8.47. The van der Waals surface area contributed by atoms with E-state index in [4.69, 9.17) is 4.74 Å². The number of ether oxygens (including phenoxy) is 1. The lowest BCUT2D eigenvalue weighted by atomic mass is 9.96. The number of allylic oxidation sites excluding steroid dienone is 1. The minimum atomic E-state index is -0.373. The van der Waals surface area contributed by atoms with E-state index < -0.39 is 0 Å². The van der Waals surface area contributed by atoms with Crippen LogP contribution in [0.3, 0.4) is 0 Å². The van der Waals surface area contributed by atoms with Crippen molar-refractivity contribution in [3.63, 3.8) is 0 Å². The molecule has 6 nitrogen and oxygen atoms in total. The molecule has 0 spiro atoms. The molecule has 1 aliphatic rings. The summed E-state index contributed by atoms with van der Waals surface area (Å²) in [6.45, 7) is 6.04. The van der Waals surface area contributed by atoms with E-state index >= 15 is 0 Å².